The molecule has 10 nitrogen and oxygen atoms in total. The fourth-order valence-corrected chi connectivity index (χ4v) is 4.84. The van der Waals surface area contributed by atoms with E-state index in [-0.39, 0.29) is 11.6 Å². The lowest BCUT2D eigenvalue weighted by molar-refractivity contribution is -0.384. The number of benzene rings is 4. The van der Waals surface area contributed by atoms with Crippen molar-refractivity contribution in [1.82, 2.24) is 14.8 Å². The number of fused-ring (bicyclic) bond motifs is 1. The third-order valence-corrected chi connectivity index (χ3v) is 6.89. The maximum absolute atomic E-state index is 13.8. The van der Waals surface area contributed by atoms with E-state index in [1.165, 1.54) is 12.1 Å². The highest BCUT2D eigenvalue weighted by molar-refractivity contribution is 6.06. The molecule has 10 heteroatoms. The lowest BCUT2D eigenvalue weighted by Gasteiger charge is -2.29. The first-order valence-electron chi connectivity index (χ1n) is 13.3. The number of rotatable bonds is 8. The first kappa shape index (κ1) is 26.5. The predicted octanol–water partition coefficient (Wildman–Crippen LogP) is 6.36. The van der Waals surface area contributed by atoms with Crippen LogP contribution >= 0.6 is 0 Å². The summed E-state index contributed by atoms with van der Waals surface area (Å²) >= 11 is 0. The number of non-ortho nitro benzene ring substituents is 1. The maximum Gasteiger partial charge on any atom is 0.269 e. The summed E-state index contributed by atoms with van der Waals surface area (Å²) in [5, 5.41) is 22.1. The summed E-state index contributed by atoms with van der Waals surface area (Å²) in [5.41, 5.74) is 4.15. The number of para-hydroxylation sites is 1. The van der Waals surface area contributed by atoms with Gasteiger partial charge in [-0.15, -0.1) is 5.10 Å². The van der Waals surface area contributed by atoms with Crippen LogP contribution in [0.4, 0.5) is 17.3 Å². The molecule has 1 atom stereocenters. The number of nitro benzene ring substituents is 1. The Morgan fingerprint density at radius 2 is 1.69 bits per heavy atom. The van der Waals surface area contributed by atoms with Crippen molar-refractivity contribution < 1.29 is 14.5 Å². The van der Waals surface area contributed by atoms with Gasteiger partial charge in [0.1, 0.15) is 18.4 Å². The molecule has 0 saturated heterocycles. The van der Waals surface area contributed by atoms with Crippen LogP contribution in [0.15, 0.2) is 120 Å². The summed E-state index contributed by atoms with van der Waals surface area (Å²) in [4.78, 5) is 29.1. The lowest BCUT2D eigenvalue weighted by atomic mass is 9.95. The Labute approximate surface area is 241 Å². The number of amides is 1. The number of hydrogen-bond donors (Lipinski definition) is 2. The first-order chi connectivity index (χ1) is 20.5. The third-order valence-electron chi connectivity index (χ3n) is 6.89. The van der Waals surface area contributed by atoms with Gasteiger partial charge in [-0.3, -0.25) is 14.9 Å². The van der Waals surface area contributed by atoms with Crippen molar-refractivity contribution >= 4 is 23.2 Å². The number of aromatic nitrogens is 3. The molecule has 5 aromatic rings. The van der Waals surface area contributed by atoms with Gasteiger partial charge >= 0.3 is 0 Å². The quantitative estimate of drug-likeness (QED) is 0.168. The maximum atomic E-state index is 13.8. The van der Waals surface area contributed by atoms with Crippen molar-refractivity contribution in [3.05, 3.63) is 142 Å². The van der Waals surface area contributed by atoms with Crippen LogP contribution in [0.1, 0.15) is 24.1 Å². The average molecular weight is 559 g/mol. The highest BCUT2D eigenvalue weighted by Gasteiger charge is 2.35. The highest BCUT2D eigenvalue weighted by atomic mass is 16.6. The fourth-order valence-electron chi connectivity index (χ4n) is 4.84. The molecule has 42 heavy (non-hydrogen) atoms. The second-order valence-electron chi connectivity index (χ2n) is 9.74. The van der Waals surface area contributed by atoms with Crippen molar-refractivity contribution in [3.8, 4) is 17.1 Å². The standard InChI is InChI=1S/C32H26N6O4/c1-21-28(31(39)34-25-12-6-3-7-13-25)29(24-11-8-14-27(19-24)42-20-22-9-4-2-5-10-22)37-32(33-21)35-30(36-37)23-15-17-26(18-16-23)38(40)41/h2-19,29H,20H2,1H3,(H,34,39)(H,33,35,36). The molecule has 1 aromatic heterocycles. The average Bonchev–Trinajstić information content (AvgIpc) is 3.44. The number of anilines is 2. The Hall–Kier alpha value is -5.77. The Bertz CT molecular complexity index is 1780. The van der Waals surface area contributed by atoms with Crippen LogP contribution in [0.3, 0.4) is 0 Å². The fraction of sp³-hybridized carbons (Fsp3) is 0.0938. The van der Waals surface area contributed by atoms with E-state index in [1.807, 2.05) is 91.9 Å². The van der Waals surface area contributed by atoms with E-state index in [0.717, 1.165) is 11.1 Å². The van der Waals surface area contributed by atoms with Gasteiger partial charge < -0.3 is 15.4 Å². The molecule has 0 spiro atoms. The van der Waals surface area contributed by atoms with Crippen LogP contribution in [0, 0.1) is 10.1 Å². The summed E-state index contributed by atoms with van der Waals surface area (Å²) in [5.74, 6) is 1.17. The molecule has 208 valence electrons. The minimum absolute atomic E-state index is 0.0246. The number of nitrogens with one attached hydrogen (secondary N) is 2. The summed E-state index contributed by atoms with van der Waals surface area (Å²) in [6.07, 6.45) is 0. The number of carbonyl (C=O) groups excluding carboxylic acids is 1. The highest BCUT2D eigenvalue weighted by Crippen LogP contribution is 2.38. The number of allylic oxidation sites excluding steroid dienone is 1. The summed E-state index contributed by atoms with van der Waals surface area (Å²) in [7, 11) is 0. The minimum atomic E-state index is -0.635. The Balaban J connectivity index is 1.39. The molecule has 1 unspecified atom stereocenters. The summed E-state index contributed by atoms with van der Waals surface area (Å²) in [6.45, 7) is 2.22. The monoisotopic (exact) mass is 558 g/mol. The number of ether oxygens (including phenoxy) is 1. The number of carbonyl (C=O) groups is 1. The van der Waals surface area contributed by atoms with Gasteiger partial charge in [0, 0.05) is 29.1 Å². The molecule has 0 fully saturated rings. The normalized spacial score (nSPS) is 14.1. The molecule has 0 radical (unpaired) electrons. The van der Waals surface area contributed by atoms with Crippen LogP contribution in [-0.4, -0.2) is 25.6 Å². The zero-order valence-electron chi connectivity index (χ0n) is 22.6. The van der Waals surface area contributed by atoms with Gasteiger partial charge in [0.05, 0.1) is 10.5 Å². The Morgan fingerprint density at radius 3 is 2.40 bits per heavy atom. The van der Waals surface area contributed by atoms with Gasteiger partial charge in [0.15, 0.2) is 5.82 Å². The molecule has 6 rings (SSSR count). The van der Waals surface area contributed by atoms with Gasteiger partial charge in [-0.2, -0.15) is 4.98 Å². The van der Waals surface area contributed by atoms with Crippen molar-refractivity contribution in [1.29, 1.82) is 0 Å². The molecule has 1 amide bonds. The number of hydrogen-bond acceptors (Lipinski definition) is 7. The van der Waals surface area contributed by atoms with Gasteiger partial charge in [0.25, 0.3) is 11.6 Å². The van der Waals surface area contributed by atoms with E-state index >= 15 is 0 Å². The van der Waals surface area contributed by atoms with Crippen molar-refractivity contribution in [2.45, 2.75) is 19.6 Å². The predicted molar refractivity (Wildman–Crippen MR) is 159 cm³/mol. The van der Waals surface area contributed by atoms with Crippen LogP contribution in [0.2, 0.25) is 0 Å². The minimum Gasteiger partial charge on any atom is -0.489 e. The van der Waals surface area contributed by atoms with Crippen molar-refractivity contribution in [2.24, 2.45) is 0 Å². The molecular weight excluding hydrogens is 532 g/mol. The molecule has 4 aromatic carbocycles. The molecule has 2 N–H and O–H groups in total. The number of nitrogens with zero attached hydrogens (tertiary/aromatic N) is 4. The molecule has 0 bridgehead atoms. The second-order valence-corrected chi connectivity index (χ2v) is 9.74. The SMILES string of the molecule is CC1=C(C(=O)Nc2ccccc2)C(c2cccc(OCc3ccccc3)c2)n2nc(-c3ccc([N+](=O)[O-])cc3)nc2N1. The molecule has 1 aliphatic heterocycles. The molecule has 0 saturated carbocycles. The van der Waals surface area contributed by atoms with E-state index in [1.54, 1.807) is 16.8 Å². The van der Waals surface area contributed by atoms with Gasteiger partial charge in [0.2, 0.25) is 5.95 Å². The zero-order valence-corrected chi connectivity index (χ0v) is 22.6. The van der Waals surface area contributed by atoms with Crippen LogP contribution in [-0.2, 0) is 11.4 Å². The van der Waals surface area contributed by atoms with E-state index in [0.29, 0.717) is 46.7 Å². The topological polar surface area (TPSA) is 124 Å². The lowest BCUT2D eigenvalue weighted by Crippen LogP contribution is -2.31. The van der Waals surface area contributed by atoms with Crippen LogP contribution < -0.4 is 15.4 Å². The molecule has 2 heterocycles. The Kier molecular flexibility index (Phi) is 7.17. The smallest absolute Gasteiger partial charge is 0.269 e. The third kappa shape index (κ3) is 5.46. The van der Waals surface area contributed by atoms with E-state index in [2.05, 4.69) is 15.6 Å². The van der Waals surface area contributed by atoms with E-state index < -0.39 is 11.0 Å². The summed E-state index contributed by atoms with van der Waals surface area (Å²) < 4.78 is 7.77. The first-order valence-corrected chi connectivity index (χ1v) is 13.3. The zero-order chi connectivity index (χ0) is 29.1. The van der Waals surface area contributed by atoms with E-state index in [9.17, 15) is 14.9 Å². The van der Waals surface area contributed by atoms with Gasteiger partial charge in [-0.05, 0) is 54.4 Å². The second kappa shape index (κ2) is 11.4. The number of nitro groups is 1. The van der Waals surface area contributed by atoms with Crippen LogP contribution in [0.5, 0.6) is 5.75 Å². The van der Waals surface area contributed by atoms with E-state index in [4.69, 9.17) is 9.84 Å². The van der Waals surface area contributed by atoms with Crippen LogP contribution in [0.25, 0.3) is 11.4 Å². The Morgan fingerprint density at radius 1 is 0.976 bits per heavy atom. The molecular formula is C32H26N6O4. The van der Waals surface area contributed by atoms with Gasteiger partial charge in [-0.25, -0.2) is 4.68 Å². The van der Waals surface area contributed by atoms with Crippen molar-refractivity contribution in [3.63, 3.8) is 0 Å². The molecule has 0 aliphatic carbocycles. The van der Waals surface area contributed by atoms with Crippen molar-refractivity contribution in [2.75, 3.05) is 10.6 Å². The largest absolute Gasteiger partial charge is 0.489 e. The summed E-state index contributed by atoms with van der Waals surface area (Å²) in [6, 6.07) is 32.1. The molecule has 1 aliphatic rings. The van der Waals surface area contributed by atoms with Gasteiger partial charge in [-0.1, -0.05) is 60.7 Å².